The lowest BCUT2D eigenvalue weighted by Gasteiger charge is -2.18. The minimum absolute atomic E-state index is 0.0211. The predicted molar refractivity (Wildman–Crippen MR) is 68.2 cm³/mol. The van der Waals surface area contributed by atoms with Crippen LogP contribution in [0.1, 0.15) is 6.23 Å². The molecule has 1 fully saturated rings. The van der Waals surface area contributed by atoms with Gasteiger partial charge in [0.05, 0.1) is 6.61 Å². The summed E-state index contributed by atoms with van der Waals surface area (Å²) in [6, 6.07) is 1.15. The Morgan fingerprint density at radius 2 is 2.05 bits per heavy atom. The Balaban J connectivity index is 2.44. The minimum atomic E-state index is -1.38. The standard InChI is InChI=1S/C12H16N2O6/c1-2-4-13-8(16)3-5-14(12(13)19)11-10(18)9(17)7(6-15)20-11/h2-3,5,7,9-11,15,17-18H,1,4,6H2/t7-,9-,10-,11-/m1/s1. The van der Waals surface area contributed by atoms with E-state index in [-0.39, 0.29) is 6.54 Å². The lowest BCUT2D eigenvalue weighted by Crippen LogP contribution is -2.42. The summed E-state index contributed by atoms with van der Waals surface area (Å²) >= 11 is 0. The minimum Gasteiger partial charge on any atom is -0.394 e. The molecule has 8 heteroatoms. The van der Waals surface area contributed by atoms with Crippen molar-refractivity contribution in [2.75, 3.05) is 6.61 Å². The van der Waals surface area contributed by atoms with Crippen molar-refractivity contribution >= 4 is 0 Å². The summed E-state index contributed by atoms with van der Waals surface area (Å²) in [5.74, 6) is 0. The molecule has 0 bridgehead atoms. The fraction of sp³-hybridized carbons (Fsp3) is 0.500. The van der Waals surface area contributed by atoms with Gasteiger partial charge in [-0.2, -0.15) is 0 Å². The van der Waals surface area contributed by atoms with Crippen LogP contribution in [0.4, 0.5) is 0 Å². The third-order valence-corrected chi connectivity index (χ3v) is 3.20. The molecule has 2 heterocycles. The first-order chi connectivity index (χ1) is 9.51. The molecule has 0 amide bonds. The summed E-state index contributed by atoms with van der Waals surface area (Å²) in [6.45, 7) is 2.99. The summed E-state index contributed by atoms with van der Waals surface area (Å²) in [6.07, 6.45) is -2.25. The molecule has 0 aromatic carbocycles. The van der Waals surface area contributed by atoms with Crippen LogP contribution >= 0.6 is 0 Å². The molecular formula is C12H16N2O6. The van der Waals surface area contributed by atoms with Crippen molar-refractivity contribution < 1.29 is 20.1 Å². The van der Waals surface area contributed by atoms with Gasteiger partial charge in [0.1, 0.15) is 18.3 Å². The Morgan fingerprint density at radius 1 is 1.35 bits per heavy atom. The molecule has 1 aliphatic rings. The fourth-order valence-corrected chi connectivity index (χ4v) is 2.13. The van der Waals surface area contributed by atoms with Gasteiger partial charge in [-0.15, -0.1) is 6.58 Å². The first-order valence-corrected chi connectivity index (χ1v) is 6.06. The van der Waals surface area contributed by atoms with Crippen molar-refractivity contribution in [2.45, 2.75) is 31.1 Å². The van der Waals surface area contributed by atoms with E-state index in [1.807, 2.05) is 0 Å². The van der Waals surface area contributed by atoms with E-state index in [1.165, 1.54) is 12.3 Å². The van der Waals surface area contributed by atoms with Crippen LogP contribution in [0.15, 0.2) is 34.5 Å². The molecule has 0 unspecified atom stereocenters. The number of aromatic nitrogens is 2. The Morgan fingerprint density at radius 3 is 2.60 bits per heavy atom. The molecule has 0 saturated carbocycles. The molecule has 8 nitrogen and oxygen atoms in total. The van der Waals surface area contributed by atoms with Gasteiger partial charge in [0.15, 0.2) is 6.23 Å². The summed E-state index contributed by atoms with van der Waals surface area (Å²) in [5.41, 5.74) is -1.19. The molecule has 2 rings (SSSR count). The van der Waals surface area contributed by atoms with E-state index >= 15 is 0 Å². The van der Waals surface area contributed by atoms with E-state index in [4.69, 9.17) is 9.84 Å². The molecule has 1 aromatic heterocycles. The second kappa shape index (κ2) is 5.71. The van der Waals surface area contributed by atoms with Gasteiger partial charge >= 0.3 is 5.69 Å². The summed E-state index contributed by atoms with van der Waals surface area (Å²) < 4.78 is 7.17. The maximum Gasteiger partial charge on any atom is 0.333 e. The van der Waals surface area contributed by atoms with E-state index in [2.05, 4.69) is 6.58 Å². The molecule has 20 heavy (non-hydrogen) atoms. The van der Waals surface area contributed by atoms with Gasteiger partial charge in [0.2, 0.25) is 0 Å². The maximum atomic E-state index is 12.2. The van der Waals surface area contributed by atoms with Gasteiger partial charge in [-0.25, -0.2) is 4.79 Å². The van der Waals surface area contributed by atoms with Crippen molar-refractivity contribution in [3.05, 3.63) is 45.8 Å². The number of aliphatic hydroxyl groups is 3. The summed E-state index contributed by atoms with van der Waals surface area (Å²) in [7, 11) is 0. The van der Waals surface area contributed by atoms with Gasteiger partial charge in [-0.1, -0.05) is 6.08 Å². The van der Waals surface area contributed by atoms with Gasteiger partial charge in [-0.05, 0) is 0 Å². The predicted octanol–water partition coefficient (Wildman–Crippen LogP) is -2.19. The zero-order valence-corrected chi connectivity index (χ0v) is 10.6. The van der Waals surface area contributed by atoms with Crippen LogP contribution < -0.4 is 11.2 Å². The van der Waals surface area contributed by atoms with Crippen molar-refractivity contribution in [2.24, 2.45) is 0 Å². The van der Waals surface area contributed by atoms with E-state index in [9.17, 15) is 19.8 Å². The third kappa shape index (κ3) is 2.34. The van der Waals surface area contributed by atoms with Gasteiger partial charge in [-0.3, -0.25) is 13.9 Å². The Labute approximate surface area is 113 Å². The highest BCUT2D eigenvalue weighted by molar-refractivity contribution is 4.95. The van der Waals surface area contributed by atoms with Gasteiger partial charge in [0.25, 0.3) is 5.56 Å². The van der Waals surface area contributed by atoms with E-state index in [0.717, 1.165) is 15.2 Å². The lowest BCUT2D eigenvalue weighted by atomic mass is 10.1. The van der Waals surface area contributed by atoms with Crippen molar-refractivity contribution in [3.63, 3.8) is 0 Å². The average molecular weight is 284 g/mol. The number of allylic oxidation sites excluding steroid dienone is 1. The van der Waals surface area contributed by atoms with Crippen molar-refractivity contribution in [3.8, 4) is 0 Å². The van der Waals surface area contributed by atoms with Crippen LogP contribution in [0.25, 0.3) is 0 Å². The molecule has 110 valence electrons. The van der Waals surface area contributed by atoms with Gasteiger partial charge in [0, 0.05) is 18.8 Å². The largest absolute Gasteiger partial charge is 0.394 e. The Kier molecular flexibility index (Phi) is 4.19. The van der Waals surface area contributed by atoms with Crippen LogP contribution in [-0.2, 0) is 11.3 Å². The molecule has 3 N–H and O–H groups in total. The van der Waals surface area contributed by atoms with Gasteiger partial charge < -0.3 is 20.1 Å². The highest BCUT2D eigenvalue weighted by atomic mass is 16.6. The average Bonchev–Trinajstić information content (AvgIpc) is 2.71. The first kappa shape index (κ1) is 14.7. The summed E-state index contributed by atoms with van der Waals surface area (Å²) in [4.78, 5) is 23.7. The zero-order valence-electron chi connectivity index (χ0n) is 10.6. The first-order valence-electron chi connectivity index (χ1n) is 6.06. The van der Waals surface area contributed by atoms with E-state index < -0.39 is 42.4 Å². The van der Waals surface area contributed by atoms with Crippen molar-refractivity contribution in [1.29, 1.82) is 0 Å². The smallest absolute Gasteiger partial charge is 0.333 e. The SMILES string of the molecule is C=CCn1c(=O)ccn([C@@H]2O[C@H](CO)[C@@H](O)[C@H]2O)c1=O. The number of ether oxygens (including phenoxy) is 1. The Hall–Kier alpha value is -1.74. The molecular weight excluding hydrogens is 268 g/mol. The molecule has 4 atom stereocenters. The normalized spacial score (nSPS) is 29.6. The van der Waals surface area contributed by atoms with E-state index in [1.54, 1.807) is 0 Å². The number of nitrogens with zero attached hydrogens (tertiary/aromatic N) is 2. The molecule has 1 saturated heterocycles. The van der Waals surface area contributed by atoms with Crippen LogP contribution in [-0.4, -0.2) is 49.4 Å². The molecule has 0 radical (unpaired) electrons. The topological polar surface area (TPSA) is 114 Å². The number of aliphatic hydroxyl groups excluding tert-OH is 3. The highest BCUT2D eigenvalue weighted by Crippen LogP contribution is 2.27. The maximum absolute atomic E-state index is 12.2. The zero-order chi connectivity index (χ0) is 14.9. The second-order valence-electron chi connectivity index (χ2n) is 4.47. The number of rotatable bonds is 4. The lowest BCUT2D eigenvalue weighted by molar-refractivity contribution is -0.0555. The van der Waals surface area contributed by atoms with Crippen LogP contribution in [0, 0.1) is 0 Å². The monoisotopic (exact) mass is 284 g/mol. The van der Waals surface area contributed by atoms with Crippen molar-refractivity contribution in [1.82, 2.24) is 9.13 Å². The molecule has 0 aliphatic carbocycles. The third-order valence-electron chi connectivity index (χ3n) is 3.20. The number of hydrogen-bond donors (Lipinski definition) is 3. The molecule has 0 spiro atoms. The quantitative estimate of drug-likeness (QED) is 0.541. The van der Waals surface area contributed by atoms with E-state index in [0.29, 0.717) is 0 Å². The van der Waals surface area contributed by atoms with Crippen LogP contribution in [0.3, 0.4) is 0 Å². The molecule has 1 aliphatic heterocycles. The number of hydrogen-bond acceptors (Lipinski definition) is 6. The molecule has 1 aromatic rings. The van der Waals surface area contributed by atoms with Crippen LogP contribution in [0.2, 0.25) is 0 Å². The second-order valence-corrected chi connectivity index (χ2v) is 4.47. The Bertz CT molecular complexity index is 607. The highest BCUT2D eigenvalue weighted by Gasteiger charge is 2.43. The van der Waals surface area contributed by atoms with Crippen LogP contribution in [0.5, 0.6) is 0 Å². The summed E-state index contributed by atoms with van der Waals surface area (Å²) in [5, 5.41) is 28.6. The fourth-order valence-electron chi connectivity index (χ4n) is 2.13.